The summed E-state index contributed by atoms with van der Waals surface area (Å²) >= 11 is 1.68. The Morgan fingerprint density at radius 2 is 1.94 bits per heavy atom. The minimum atomic E-state index is 0.692. The van der Waals surface area contributed by atoms with E-state index in [0.29, 0.717) is 6.54 Å². The highest BCUT2D eigenvalue weighted by Crippen LogP contribution is 2.24. The highest BCUT2D eigenvalue weighted by Gasteiger charge is 2.03. The third kappa shape index (κ3) is 3.05. The van der Waals surface area contributed by atoms with E-state index in [9.17, 15) is 0 Å². The molecule has 3 N–H and O–H groups in total. The summed E-state index contributed by atoms with van der Waals surface area (Å²) in [6.07, 6.45) is 0.926. The number of hydrogen-bond acceptors (Lipinski definition) is 4. The zero-order valence-corrected chi connectivity index (χ0v) is 11.0. The molecule has 17 heavy (non-hydrogen) atoms. The van der Waals surface area contributed by atoms with Crippen molar-refractivity contribution in [3.63, 3.8) is 0 Å². The Balaban J connectivity index is 2.08. The highest BCUT2D eigenvalue weighted by molar-refractivity contribution is 7.15. The first kappa shape index (κ1) is 12.1. The van der Waals surface area contributed by atoms with E-state index in [1.807, 2.05) is 6.92 Å². The number of rotatable bonds is 4. The zero-order chi connectivity index (χ0) is 12.3. The maximum Gasteiger partial charge on any atom is 0.187 e. The summed E-state index contributed by atoms with van der Waals surface area (Å²) in [5.74, 6) is 0. The molecule has 90 valence electrons. The maximum atomic E-state index is 5.52. The molecule has 0 spiro atoms. The van der Waals surface area contributed by atoms with E-state index in [-0.39, 0.29) is 0 Å². The quantitative estimate of drug-likeness (QED) is 0.873. The summed E-state index contributed by atoms with van der Waals surface area (Å²) in [5, 5.41) is 4.26. The van der Waals surface area contributed by atoms with Crippen LogP contribution in [0.1, 0.15) is 16.1 Å². The SMILES string of the molecule is Cc1nc(Nc2ccc(CCN)cc2)sc1C. The van der Waals surface area contributed by atoms with Gasteiger partial charge in [0.25, 0.3) is 0 Å². The van der Waals surface area contributed by atoms with Crippen LogP contribution in [0, 0.1) is 13.8 Å². The molecule has 0 saturated carbocycles. The van der Waals surface area contributed by atoms with Crippen LogP contribution in [0.3, 0.4) is 0 Å². The minimum Gasteiger partial charge on any atom is -0.332 e. The second kappa shape index (κ2) is 5.29. The molecule has 0 fully saturated rings. The van der Waals surface area contributed by atoms with Crippen molar-refractivity contribution in [3.05, 3.63) is 40.4 Å². The van der Waals surface area contributed by atoms with E-state index >= 15 is 0 Å². The molecule has 2 aromatic rings. The van der Waals surface area contributed by atoms with Gasteiger partial charge in [-0.05, 0) is 44.5 Å². The number of nitrogens with two attached hydrogens (primary N) is 1. The molecule has 0 aliphatic heterocycles. The van der Waals surface area contributed by atoms with E-state index in [1.165, 1.54) is 10.4 Å². The summed E-state index contributed by atoms with van der Waals surface area (Å²) in [6.45, 7) is 4.81. The smallest absolute Gasteiger partial charge is 0.187 e. The number of hydrogen-bond donors (Lipinski definition) is 2. The van der Waals surface area contributed by atoms with Gasteiger partial charge >= 0.3 is 0 Å². The molecule has 0 aliphatic rings. The van der Waals surface area contributed by atoms with E-state index in [4.69, 9.17) is 5.73 Å². The van der Waals surface area contributed by atoms with Crippen LogP contribution in [0.2, 0.25) is 0 Å². The van der Waals surface area contributed by atoms with Crippen LogP contribution in [0.25, 0.3) is 0 Å². The van der Waals surface area contributed by atoms with Gasteiger partial charge in [0.1, 0.15) is 0 Å². The van der Waals surface area contributed by atoms with Crippen molar-refractivity contribution < 1.29 is 0 Å². The number of benzene rings is 1. The maximum absolute atomic E-state index is 5.52. The van der Waals surface area contributed by atoms with Gasteiger partial charge in [0.05, 0.1) is 5.69 Å². The lowest BCUT2D eigenvalue weighted by atomic mass is 10.1. The van der Waals surface area contributed by atoms with E-state index in [2.05, 4.69) is 41.5 Å². The Kier molecular flexibility index (Phi) is 3.76. The van der Waals surface area contributed by atoms with E-state index in [0.717, 1.165) is 22.9 Å². The van der Waals surface area contributed by atoms with Crippen LogP contribution in [-0.4, -0.2) is 11.5 Å². The number of aryl methyl sites for hydroxylation is 2. The minimum absolute atomic E-state index is 0.692. The molecule has 0 saturated heterocycles. The molecule has 0 aliphatic carbocycles. The van der Waals surface area contributed by atoms with Crippen molar-refractivity contribution >= 4 is 22.2 Å². The molecule has 1 aromatic carbocycles. The van der Waals surface area contributed by atoms with Crippen LogP contribution in [0.4, 0.5) is 10.8 Å². The van der Waals surface area contributed by atoms with Gasteiger partial charge in [-0.15, -0.1) is 11.3 Å². The fourth-order valence-electron chi connectivity index (χ4n) is 1.57. The van der Waals surface area contributed by atoms with Gasteiger partial charge < -0.3 is 11.1 Å². The lowest BCUT2D eigenvalue weighted by molar-refractivity contribution is 0.969. The van der Waals surface area contributed by atoms with Crippen LogP contribution in [-0.2, 0) is 6.42 Å². The van der Waals surface area contributed by atoms with Crippen molar-refractivity contribution in [1.82, 2.24) is 4.98 Å². The molecule has 0 amide bonds. The number of aromatic nitrogens is 1. The fraction of sp³-hybridized carbons (Fsp3) is 0.308. The molecule has 0 atom stereocenters. The molecule has 3 nitrogen and oxygen atoms in total. The third-order valence-electron chi connectivity index (χ3n) is 2.67. The number of nitrogens with one attached hydrogen (secondary N) is 1. The summed E-state index contributed by atoms with van der Waals surface area (Å²) < 4.78 is 0. The van der Waals surface area contributed by atoms with E-state index in [1.54, 1.807) is 11.3 Å². The van der Waals surface area contributed by atoms with Crippen molar-refractivity contribution in [2.45, 2.75) is 20.3 Å². The molecule has 0 unspecified atom stereocenters. The molecule has 4 heteroatoms. The highest BCUT2D eigenvalue weighted by atomic mass is 32.1. The lowest BCUT2D eigenvalue weighted by Gasteiger charge is -2.04. The second-order valence-electron chi connectivity index (χ2n) is 4.02. The predicted octanol–water partition coefficient (Wildman–Crippen LogP) is 3.00. The number of anilines is 2. The number of thiazole rings is 1. The van der Waals surface area contributed by atoms with Crippen LogP contribution >= 0.6 is 11.3 Å². The van der Waals surface area contributed by atoms with Crippen molar-refractivity contribution in [1.29, 1.82) is 0 Å². The van der Waals surface area contributed by atoms with Crippen LogP contribution in [0.5, 0.6) is 0 Å². The summed E-state index contributed by atoms with van der Waals surface area (Å²) in [6, 6.07) is 8.33. The molecule has 0 bridgehead atoms. The third-order valence-corrected chi connectivity index (χ3v) is 3.66. The molecular formula is C13H17N3S. The average Bonchev–Trinajstić information content (AvgIpc) is 2.61. The summed E-state index contributed by atoms with van der Waals surface area (Å²) in [7, 11) is 0. The summed E-state index contributed by atoms with van der Waals surface area (Å²) in [4.78, 5) is 5.71. The van der Waals surface area contributed by atoms with Crippen molar-refractivity contribution in [2.24, 2.45) is 5.73 Å². The van der Waals surface area contributed by atoms with E-state index < -0.39 is 0 Å². The first-order chi connectivity index (χ1) is 8.19. The Morgan fingerprint density at radius 3 is 2.47 bits per heavy atom. The van der Waals surface area contributed by atoms with Gasteiger partial charge in [-0.3, -0.25) is 0 Å². The van der Waals surface area contributed by atoms with Crippen molar-refractivity contribution in [3.8, 4) is 0 Å². The Hall–Kier alpha value is -1.39. The Morgan fingerprint density at radius 1 is 1.24 bits per heavy atom. The Labute approximate surface area is 106 Å². The number of nitrogens with zero attached hydrogens (tertiary/aromatic N) is 1. The monoisotopic (exact) mass is 247 g/mol. The van der Waals surface area contributed by atoms with Gasteiger partial charge in [0, 0.05) is 10.6 Å². The molecule has 2 rings (SSSR count). The molecule has 0 radical (unpaired) electrons. The summed E-state index contributed by atoms with van der Waals surface area (Å²) in [5.41, 5.74) is 8.95. The van der Waals surface area contributed by atoms with Gasteiger partial charge in [0.15, 0.2) is 5.13 Å². The normalized spacial score (nSPS) is 10.5. The fourth-order valence-corrected chi connectivity index (χ4v) is 2.41. The molecular weight excluding hydrogens is 230 g/mol. The topological polar surface area (TPSA) is 50.9 Å². The second-order valence-corrected chi connectivity index (χ2v) is 5.22. The zero-order valence-electron chi connectivity index (χ0n) is 10.2. The molecule has 1 heterocycles. The van der Waals surface area contributed by atoms with Crippen molar-refractivity contribution in [2.75, 3.05) is 11.9 Å². The van der Waals surface area contributed by atoms with Gasteiger partial charge in [-0.1, -0.05) is 12.1 Å². The standard InChI is InChI=1S/C13H17N3S/c1-9-10(2)17-13(15-9)16-12-5-3-11(4-6-12)7-8-14/h3-6H,7-8,14H2,1-2H3,(H,15,16). The molecule has 1 aromatic heterocycles. The average molecular weight is 247 g/mol. The first-order valence-electron chi connectivity index (χ1n) is 5.69. The lowest BCUT2D eigenvalue weighted by Crippen LogP contribution is -2.02. The van der Waals surface area contributed by atoms with Gasteiger partial charge in [0.2, 0.25) is 0 Å². The van der Waals surface area contributed by atoms with Crippen LogP contribution in [0.15, 0.2) is 24.3 Å². The van der Waals surface area contributed by atoms with Gasteiger partial charge in [-0.2, -0.15) is 0 Å². The predicted molar refractivity (Wildman–Crippen MR) is 74.1 cm³/mol. The van der Waals surface area contributed by atoms with Gasteiger partial charge in [-0.25, -0.2) is 4.98 Å². The Bertz CT molecular complexity index is 468. The first-order valence-corrected chi connectivity index (χ1v) is 6.51. The van der Waals surface area contributed by atoms with Crippen LogP contribution < -0.4 is 11.1 Å². The largest absolute Gasteiger partial charge is 0.332 e.